The standard InChI is InChI=1S/C14H11FN6O2/c1-20-12(7-17-19-20)9-6-8(2-3-10(9)15)21-13(22)5-4-11(18-21)14(16)23/h2-7H,1H3,(H2,16,23). The number of rotatable bonds is 3. The molecular weight excluding hydrogens is 303 g/mol. The summed E-state index contributed by atoms with van der Waals surface area (Å²) in [6, 6.07) is 6.40. The van der Waals surface area contributed by atoms with E-state index in [0.717, 1.165) is 4.68 Å². The first-order valence-corrected chi connectivity index (χ1v) is 6.52. The van der Waals surface area contributed by atoms with Crippen LogP contribution in [0.2, 0.25) is 0 Å². The SMILES string of the molecule is Cn1nncc1-c1cc(-n2nc(C(N)=O)ccc2=O)ccc1F. The molecule has 0 unspecified atom stereocenters. The summed E-state index contributed by atoms with van der Waals surface area (Å²) in [5.41, 5.74) is 5.54. The minimum atomic E-state index is -0.767. The predicted octanol–water partition coefficient (Wildman–Crippen LogP) is 0.266. The molecule has 0 bridgehead atoms. The highest BCUT2D eigenvalue weighted by molar-refractivity contribution is 5.90. The van der Waals surface area contributed by atoms with Crippen molar-refractivity contribution in [2.24, 2.45) is 12.8 Å². The van der Waals surface area contributed by atoms with Crippen LogP contribution in [0.15, 0.2) is 41.3 Å². The molecule has 3 aromatic rings. The predicted molar refractivity (Wildman–Crippen MR) is 78.3 cm³/mol. The summed E-state index contributed by atoms with van der Waals surface area (Å²) in [7, 11) is 1.62. The average molecular weight is 314 g/mol. The number of hydrogen-bond acceptors (Lipinski definition) is 5. The minimum Gasteiger partial charge on any atom is -0.364 e. The van der Waals surface area contributed by atoms with Crippen molar-refractivity contribution < 1.29 is 9.18 Å². The number of nitrogens with zero attached hydrogens (tertiary/aromatic N) is 5. The number of hydrogen-bond donors (Lipinski definition) is 1. The summed E-state index contributed by atoms with van der Waals surface area (Å²) >= 11 is 0. The number of carbonyl (C=O) groups excluding carboxylic acids is 1. The molecule has 116 valence electrons. The Labute approximate surface area is 129 Å². The number of nitrogens with two attached hydrogens (primary N) is 1. The maximum atomic E-state index is 14.1. The van der Waals surface area contributed by atoms with Crippen LogP contribution >= 0.6 is 0 Å². The highest BCUT2D eigenvalue weighted by atomic mass is 19.1. The first kappa shape index (κ1) is 14.6. The number of aryl methyl sites for hydroxylation is 1. The Morgan fingerprint density at radius 3 is 2.70 bits per heavy atom. The van der Waals surface area contributed by atoms with Crippen LogP contribution in [0, 0.1) is 5.82 Å². The number of halogens is 1. The van der Waals surface area contributed by atoms with Crippen molar-refractivity contribution in [3.8, 4) is 16.9 Å². The van der Waals surface area contributed by atoms with Crippen molar-refractivity contribution in [3.63, 3.8) is 0 Å². The van der Waals surface area contributed by atoms with Crippen molar-refractivity contribution in [1.29, 1.82) is 0 Å². The van der Waals surface area contributed by atoms with E-state index in [1.807, 2.05) is 0 Å². The van der Waals surface area contributed by atoms with Crippen LogP contribution in [0.4, 0.5) is 4.39 Å². The summed E-state index contributed by atoms with van der Waals surface area (Å²) in [6.45, 7) is 0. The third-order valence-electron chi connectivity index (χ3n) is 3.24. The zero-order chi connectivity index (χ0) is 16.6. The van der Waals surface area contributed by atoms with Gasteiger partial charge < -0.3 is 5.73 Å². The molecule has 0 aliphatic rings. The van der Waals surface area contributed by atoms with Crippen LogP contribution in [0.3, 0.4) is 0 Å². The Morgan fingerprint density at radius 2 is 2.04 bits per heavy atom. The Balaban J connectivity index is 2.19. The molecule has 9 heteroatoms. The van der Waals surface area contributed by atoms with E-state index >= 15 is 0 Å². The fourth-order valence-corrected chi connectivity index (χ4v) is 2.10. The van der Waals surface area contributed by atoms with Gasteiger partial charge in [0.05, 0.1) is 17.6 Å². The van der Waals surface area contributed by atoms with E-state index in [2.05, 4.69) is 15.4 Å². The minimum absolute atomic E-state index is 0.0716. The van der Waals surface area contributed by atoms with E-state index in [4.69, 9.17) is 5.73 Å². The average Bonchev–Trinajstić information content (AvgIpc) is 2.94. The zero-order valence-corrected chi connectivity index (χ0v) is 12.0. The van der Waals surface area contributed by atoms with Crippen LogP contribution in [-0.2, 0) is 7.05 Å². The molecular formula is C14H11FN6O2. The Morgan fingerprint density at radius 1 is 1.26 bits per heavy atom. The van der Waals surface area contributed by atoms with Gasteiger partial charge in [-0.2, -0.15) is 9.78 Å². The van der Waals surface area contributed by atoms with Crippen LogP contribution in [-0.4, -0.2) is 30.7 Å². The Hall–Kier alpha value is -3.36. The van der Waals surface area contributed by atoms with Gasteiger partial charge in [0, 0.05) is 18.7 Å². The molecule has 0 spiro atoms. The number of benzene rings is 1. The monoisotopic (exact) mass is 314 g/mol. The van der Waals surface area contributed by atoms with Gasteiger partial charge in [0.2, 0.25) is 0 Å². The van der Waals surface area contributed by atoms with E-state index in [1.54, 1.807) is 7.05 Å². The number of primary amides is 1. The van der Waals surface area contributed by atoms with Gasteiger partial charge in [-0.05, 0) is 24.3 Å². The summed E-state index contributed by atoms with van der Waals surface area (Å²) in [4.78, 5) is 23.2. The molecule has 3 rings (SSSR count). The molecule has 2 N–H and O–H groups in total. The van der Waals surface area contributed by atoms with Gasteiger partial charge in [-0.15, -0.1) is 5.10 Å². The quantitative estimate of drug-likeness (QED) is 0.746. The van der Waals surface area contributed by atoms with Gasteiger partial charge in [-0.3, -0.25) is 9.59 Å². The molecule has 1 aromatic carbocycles. The lowest BCUT2D eigenvalue weighted by atomic mass is 10.1. The zero-order valence-electron chi connectivity index (χ0n) is 12.0. The molecule has 2 aromatic heterocycles. The molecule has 23 heavy (non-hydrogen) atoms. The maximum absolute atomic E-state index is 14.1. The second-order valence-electron chi connectivity index (χ2n) is 4.74. The summed E-state index contributed by atoms with van der Waals surface area (Å²) < 4.78 is 16.5. The summed E-state index contributed by atoms with van der Waals surface area (Å²) in [5, 5.41) is 11.3. The van der Waals surface area contributed by atoms with Crippen molar-refractivity contribution in [2.45, 2.75) is 0 Å². The molecule has 0 saturated heterocycles. The highest BCUT2D eigenvalue weighted by Gasteiger charge is 2.13. The lowest BCUT2D eigenvalue weighted by Crippen LogP contribution is -2.25. The van der Waals surface area contributed by atoms with Gasteiger partial charge in [-0.25, -0.2) is 9.07 Å². The first-order valence-electron chi connectivity index (χ1n) is 6.52. The van der Waals surface area contributed by atoms with Crippen molar-refractivity contribution in [1.82, 2.24) is 24.8 Å². The maximum Gasteiger partial charge on any atom is 0.271 e. The van der Waals surface area contributed by atoms with Crippen LogP contribution < -0.4 is 11.3 Å². The molecule has 2 heterocycles. The van der Waals surface area contributed by atoms with Gasteiger partial charge >= 0.3 is 0 Å². The van der Waals surface area contributed by atoms with Crippen LogP contribution in [0.1, 0.15) is 10.5 Å². The fourth-order valence-electron chi connectivity index (χ4n) is 2.10. The molecule has 0 fully saturated rings. The number of carbonyl (C=O) groups is 1. The molecule has 0 saturated carbocycles. The number of aromatic nitrogens is 5. The molecule has 0 radical (unpaired) electrons. The van der Waals surface area contributed by atoms with E-state index < -0.39 is 17.3 Å². The molecule has 0 atom stereocenters. The molecule has 8 nitrogen and oxygen atoms in total. The normalized spacial score (nSPS) is 10.7. The summed E-state index contributed by atoms with van der Waals surface area (Å²) in [5.74, 6) is -1.27. The Bertz CT molecular complexity index is 962. The second kappa shape index (κ2) is 5.44. The number of amides is 1. The molecule has 1 amide bonds. The van der Waals surface area contributed by atoms with E-state index in [9.17, 15) is 14.0 Å². The largest absolute Gasteiger partial charge is 0.364 e. The van der Waals surface area contributed by atoms with Gasteiger partial charge in [0.25, 0.3) is 11.5 Å². The van der Waals surface area contributed by atoms with Crippen molar-refractivity contribution in [3.05, 3.63) is 58.4 Å². The second-order valence-corrected chi connectivity index (χ2v) is 4.74. The first-order chi connectivity index (χ1) is 11.0. The van der Waals surface area contributed by atoms with Crippen LogP contribution in [0.5, 0.6) is 0 Å². The van der Waals surface area contributed by atoms with Gasteiger partial charge in [-0.1, -0.05) is 5.21 Å². The Kier molecular flexibility index (Phi) is 3.45. The van der Waals surface area contributed by atoms with Crippen LogP contribution in [0.25, 0.3) is 16.9 Å². The van der Waals surface area contributed by atoms with E-state index in [-0.39, 0.29) is 16.9 Å². The lowest BCUT2D eigenvalue weighted by Gasteiger charge is -2.09. The topological polar surface area (TPSA) is 109 Å². The third-order valence-corrected chi connectivity index (χ3v) is 3.24. The highest BCUT2D eigenvalue weighted by Crippen LogP contribution is 2.23. The third kappa shape index (κ3) is 2.59. The molecule has 0 aliphatic carbocycles. The smallest absolute Gasteiger partial charge is 0.271 e. The van der Waals surface area contributed by atoms with Gasteiger partial charge in [0.15, 0.2) is 0 Å². The lowest BCUT2D eigenvalue weighted by molar-refractivity contribution is 0.0994. The van der Waals surface area contributed by atoms with E-state index in [0.29, 0.717) is 5.69 Å². The van der Waals surface area contributed by atoms with E-state index in [1.165, 1.54) is 41.2 Å². The van der Waals surface area contributed by atoms with Crippen molar-refractivity contribution in [2.75, 3.05) is 0 Å². The van der Waals surface area contributed by atoms with Gasteiger partial charge in [0.1, 0.15) is 11.5 Å². The van der Waals surface area contributed by atoms with Crippen molar-refractivity contribution >= 4 is 5.91 Å². The fraction of sp³-hybridized carbons (Fsp3) is 0.0714. The molecule has 0 aliphatic heterocycles. The summed E-state index contributed by atoms with van der Waals surface area (Å²) in [6.07, 6.45) is 1.40.